The van der Waals surface area contributed by atoms with Crippen molar-refractivity contribution in [2.75, 3.05) is 24.6 Å². The second-order valence-corrected chi connectivity index (χ2v) is 9.64. The Morgan fingerprint density at radius 2 is 2.09 bits per heavy atom. The third kappa shape index (κ3) is 4.86. The third-order valence-electron chi connectivity index (χ3n) is 5.12. The first-order valence-corrected chi connectivity index (χ1v) is 10.9. The van der Waals surface area contributed by atoms with Crippen LogP contribution in [0, 0.1) is 11.8 Å². The van der Waals surface area contributed by atoms with Gasteiger partial charge in [0.05, 0.1) is 17.7 Å². The lowest BCUT2D eigenvalue weighted by Gasteiger charge is -2.36. The van der Waals surface area contributed by atoms with E-state index in [1.54, 1.807) is 11.8 Å². The molecule has 4 rings (SSSR count). The molecule has 0 amide bonds. The molecule has 3 saturated heterocycles. The number of nitrogens with one attached hydrogen (secondary N) is 1. The third-order valence-corrected chi connectivity index (χ3v) is 8.01. The van der Waals surface area contributed by atoms with Gasteiger partial charge in [0.2, 0.25) is 0 Å². The van der Waals surface area contributed by atoms with Crippen LogP contribution >= 0.6 is 23.5 Å². The van der Waals surface area contributed by atoms with Crippen LogP contribution in [0.5, 0.6) is 0 Å². The fourth-order valence-corrected chi connectivity index (χ4v) is 6.34. The van der Waals surface area contributed by atoms with Gasteiger partial charge < -0.3 is 5.32 Å². The summed E-state index contributed by atoms with van der Waals surface area (Å²) in [6.07, 6.45) is 5.92. The second-order valence-electron chi connectivity index (χ2n) is 7.16. The summed E-state index contributed by atoms with van der Waals surface area (Å²) in [5.41, 5.74) is 2.63. The molecule has 0 aromatic rings. The monoisotopic (exact) mass is 352 g/mol. The van der Waals surface area contributed by atoms with E-state index in [1.807, 2.05) is 0 Å². The van der Waals surface area contributed by atoms with Crippen molar-refractivity contribution < 1.29 is 4.79 Å². The normalized spacial score (nSPS) is 37.0. The quantitative estimate of drug-likeness (QED) is 0.677. The number of carbonyl (C=O) groups is 1. The van der Waals surface area contributed by atoms with Crippen molar-refractivity contribution in [3.63, 3.8) is 0 Å². The summed E-state index contributed by atoms with van der Waals surface area (Å²) in [5, 5.41) is 4.91. The van der Waals surface area contributed by atoms with Gasteiger partial charge in [0, 0.05) is 23.9 Å². The minimum atomic E-state index is 0.427. The highest BCUT2D eigenvalue weighted by Gasteiger charge is 2.32. The summed E-state index contributed by atoms with van der Waals surface area (Å²) >= 11 is 3.90. The SMILES string of the molecule is C=C1CNC2SCCCC2C1.CC1=NCC2SCC(=O)CC2C1. The molecule has 0 aromatic heterocycles. The van der Waals surface area contributed by atoms with Gasteiger partial charge in [-0.05, 0) is 50.2 Å². The van der Waals surface area contributed by atoms with Crippen molar-refractivity contribution >= 4 is 35.0 Å². The number of hydrogen-bond acceptors (Lipinski definition) is 5. The summed E-state index contributed by atoms with van der Waals surface area (Å²) in [6.45, 7) is 8.09. The first kappa shape index (κ1) is 17.6. The first-order valence-electron chi connectivity index (χ1n) is 8.76. The lowest BCUT2D eigenvalue weighted by molar-refractivity contribution is -0.117. The van der Waals surface area contributed by atoms with Crippen LogP contribution in [0.2, 0.25) is 0 Å². The molecule has 23 heavy (non-hydrogen) atoms. The molecular weight excluding hydrogens is 324 g/mol. The van der Waals surface area contributed by atoms with Gasteiger partial charge in [-0.1, -0.05) is 12.2 Å². The smallest absolute Gasteiger partial charge is 0.143 e. The molecule has 5 heteroatoms. The number of carbonyl (C=O) groups excluding carboxylic acids is 1. The average molecular weight is 353 g/mol. The van der Waals surface area contributed by atoms with E-state index in [0.717, 1.165) is 43.0 Å². The molecule has 0 radical (unpaired) electrons. The van der Waals surface area contributed by atoms with Crippen LogP contribution in [0.15, 0.2) is 17.1 Å². The number of aliphatic imine (C=N–C) groups is 1. The van der Waals surface area contributed by atoms with Crippen LogP contribution < -0.4 is 5.32 Å². The van der Waals surface area contributed by atoms with E-state index in [-0.39, 0.29) is 0 Å². The van der Waals surface area contributed by atoms with Gasteiger partial charge in [-0.2, -0.15) is 0 Å². The van der Waals surface area contributed by atoms with Gasteiger partial charge in [-0.15, -0.1) is 23.5 Å². The average Bonchev–Trinajstić information content (AvgIpc) is 2.55. The van der Waals surface area contributed by atoms with Crippen molar-refractivity contribution in [2.45, 2.75) is 49.7 Å². The number of thioether (sulfide) groups is 2. The largest absolute Gasteiger partial charge is 0.301 e. The van der Waals surface area contributed by atoms with Crippen molar-refractivity contribution in [1.29, 1.82) is 0 Å². The molecule has 128 valence electrons. The summed E-state index contributed by atoms with van der Waals surface area (Å²) in [7, 11) is 0. The van der Waals surface area contributed by atoms with Gasteiger partial charge in [-0.3, -0.25) is 9.79 Å². The zero-order chi connectivity index (χ0) is 16.2. The van der Waals surface area contributed by atoms with E-state index < -0.39 is 0 Å². The van der Waals surface area contributed by atoms with E-state index >= 15 is 0 Å². The first-order chi connectivity index (χ1) is 11.1. The van der Waals surface area contributed by atoms with E-state index in [0.29, 0.717) is 17.0 Å². The molecule has 4 unspecified atom stereocenters. The predicted octanol–water partition coefficient (Wildman–Crippen LogP) is 3.55. The van der Waals surface area contributed by atoms with Gasteiger partial charge in [0.25, 0.3) is 0 Å². The van der Waals surface area contributed by atoms with E-state index in [2.05, 4.69) is 35.6 Å². The molecule has 4 aliphatic rings. The fraction of sp³-hybridized carbons (Fsp3) is 0.778. The van der Waals surface area contributed by atoms with Crippen molar-refractivity contribution in [3.05, 3.63) is 12.2 Å². The molecule has 0 aliphatic carbocycles. The van der Waals surface area contributed by atoms with E-state index in [1.165, 1.54) is 36.3 Å². The summed E-state index contributed by atoms with van der Waals surface area (Å²) < 4.78 is 0. The Morgan fingerprint density at radius 3 is 2.96 bits per heavy atom. The lowest BCUT2D eigenvalue weighted by Crippen LogP contribution is -2.41. The number of fused-ring (bicyclic) bond motifs is 2. The highest BCUT2D eigenvalue weighted by atomic mass is 32.2. The molecule has 3 fully saturated rings. The van der Waals surface area contributed by atoms with Crippen molar-refractivity contribution in [3.8, 4) is 0 Å². The van der Waals surface area contributed by atoms with Crippen LogP contribution in [0.4, 0.5) is 0 Å². The molecule has 4 atom stereocenters. The Balaban J connectivity index is 0.000000136. The second kappa shape index (κ2) is 8.21. The number of rotatable bonds is 0. The molecular formula is C18H28N2OS2. The molecule has 4 aliphatic heterocycles. The topological polar surface area (TPSA) is 41.5 Å². The Hall–Kier alpha value is -0.260. The molecule has 0 saturated carbocycles. The summed E-state index contributed by atoms with van der Waals surface area (Å²) in [4.78, 5) is 15.6. The van der Waals surface area contributed by atoms with Crippen LogP contribution in [0.1, 0.15) is 39.0 Å². The molecule has 0 bridgehead atoms. The van der Waals surface area contributed by atoms with E-state index in [4.69, 9.17) is 0 Å². The summed E-state index contributed by atoms with van der Waals surface area (Å²) in [6, 6.07) is 0. The van der Waals surface area contributed by atoms with Crippen molar-refractivity contribution in [1.82, 2.24) is 5.32 Å². The van der Waals surface area contributed by atoms with Gasteiger partial charge in [-0.25, -0.2) is 0 Å². The molecule has 0 spiro atoms. The molecule has 1 N–H and O–H groups in total. The highest BCUT2D eigenvalue weighted by molar-refractivity contribution is 8.00. The number of hydrogen-bond donors (Lipinski definition) is 1. The van der Waals surface area contributed by atoms with Crippen LogP contribution in [-0.2, 0) is 4.79 Å². The molecule has 4 heterocycles. The number of nitrogens with zero attached hydrogens (tertiary/aromatic N) is 1. The Kier molecular flexibility index (Phi) is 6.27. The maximum Gasteiger partial charge on any atom is 0.143 e. The van der Waals surface area contributed by atoms with Gasteiger partial charge >= 0.3 is 0 Å². The molecule has 3 nitrogen and oxygen atoms in total. The maximum absolute atomic E-state index is 11.2. The predicted molar refractivity (Wildman–Crippen MR) is 103 cm³/mol. The Labute approximate surface area is 148 Å². The zero-order valence-electron chi connectivity index (χ0n) is 14.1. The van der Waals surface area contributed by atoms with Gasteiger partial charge in [0.15, 0.2) is 0 Å². The number of piperidine rings is 1. The number of Topliss-reactive ketones (excluding diaryl/α,β-unsaturated/α-hetero) is 1. The highest BCUT2D eigenvalue weighted by Crippen LogP contribution is 2.35. The standard InChI is InChI=1S/C9H13NOS.C9H15NS/c1-6-2-7-3-8(11)5-12-9(7)4-10-6;1-7-5-8-3-2-4-11-9(8)10-6-7/h7,9H,2-5H2,1H3;8-10H,1-6H2. The maximum atomic E-state index is 11.2. The van der Waals surface area contributed by atoms with E-state index in [9.17, 15) is 4.79 Å². The Morgan fingerprint density at radius 1 is 1.22 bits per heavy atom. The zero-order valence-corrected chi connectivity index (χ0v) is 15.7. The summed E-state index contributed by atoms with van der Waals surface area (Å²) in [5.74, 6) is 3.97. The minimum Gasteiger partial charge on any atom is -0.301 e. The van der Waals surface area contributed by atoms with Crippen LogP contribution in [-0.4, -0.2) is 46.7 Å². The van der Waals surface area contributed by atoms with Crippen LogP contribution in [0.25, 0.3) is 0 Å². The fourth-order valence-electron chi connectivity index (χ4n) is 3.88. The number of ketones is 1. The van der Waals surface area contributed by atoms with Crippen molar-refractivity contribution in [2.24, 2.45) is 16.8 Å². The minimum absolute atomic E-state index is 0.427. The molecule has 0 aromatic carbocycles. The lowest BCUT2D eigenvalue weighted by atomic mass is 9.90. The van der Waals surface area contributed by atoms with Gasteiger partial charge in [0.1, 0.15) is 5.78 Å². The Bertz CT molecular complexity index is 491. The van der Waals surface area contributed by atoms with Crippen LogP contribution in [0.3, 0.4) is 0 Å².